The second-order valence-electron chi connectivity index (χ2n) is 6.01. The van der Waals surface area contributed by atoms with E-state index < -0.39 is 0 Å². The van der Waals surface area contributed by atoms with Crippen LogP contribution in [0.15, 0.2) is 42.9 Å². The van der Waals surface area contributed by atoms with E-state index in [1.165, 1.54) is 12.1 Å². The van der Waals surface area contributed by atoms with Gasteiger partial charge < -0.3 is 10.2 Å². The van der Waals surface area contributed by atoms with Crippen molar-refractivity contribution in [2.45, 2.75) is 19.4 Å². The lowest BCUT2D eigenvalue weighted by atomic mass is 10.1. The van der Waals surface area contributed by atoms with Crippen molar-refractivity contribution in [3.63, 3.8) is 0 Å². The topological polar surface area (TPSA) is 61.4 Å². The molecule has 1 atom stereocenters. The lowest BCUT2D eigenvalue weighted by Crippen LogP contribution is -2.53. The molecule has 0 saturated carbocycles. The molecule has 0 spiro atoms. The summed E-state index contributed by atoms with van der Waals surface area (Å²) >= 11 is 0. The van der Waals surface area contributed by atoms with E-state index in [1.54, 1.807) is 30.7 Å². The fraction of sp³-hybridized carbons (Fsp3) is 0.389. The van der Waals surface area contributed by atoms with E-state index >= 15 is 0 Å². The minimum Gasteiger partial charge on any atom is -0.353 e. The molecule has 7 heteroatoms. The van der Waals surface area contributed by atoms with Crippen LogP contribution >= 0.6 is 0 Å². The number of carbonyl (C=O) groups is 1. The summed E-state index contributed by atoms with van der Waals surface area (Å²) in [5.74, 6) is 0.498. The van der Waals surface area contributed by atoms with Crippen LogP contribution in [-0.4, -0.2) is 53.0 Å². The van der Waals surface area contributed by atoms with Crippen molar-refractivity contribution in [3.05, 3.63) is 48.7 Å². The van der Waals surface area contributed by atoms with E-state index in [0.29, 0.717) is 5.69 Å². The number of benzene rings is 1. The quantitative estimate of drug-likeness (QED) is 0.901. The second-order valence-corrected chi connectivity index (χ2v) is 6.01. The van der Waals surface area contributed by atoms with E-state index in [9.17, 15) is 9.18 Å². The Balaban J connectivity index is 1.58. The SMILES string of the molecule is CCC(C(=O)Nc1ccc(F)cc1)N1CCN(c2cnccn2)CC1. The van der Waals surface area contributed by atoms with Gasteiger partial charge in [0, 0.05) is 44.3 Å². The van der Waals surface area contributed by atoms with Gasteiger partial charge in [-0.2, -0.15) is 0 Å². The molecule has 1 fully saturated rings. The average molecular weight is 343 g/mol. The number of hydrogen-bond acceptors (Lipinski definition) is 5. The Hall–Kier alpha value is -2.54. The second kappa shape index (κ2) is 8.02. The van der Waals surface area contributed by atoms with Crippen LogP contribution in [0.25, 0.3) is 0 Å². The number of nitrogens with zero attached hydrogens (tertiary/aromatic N) is 4. The molecular formula is C18H22FN5O. The van der Waals surface area contributed by atoms with Gasteiger partial charge in [0.25, 0.3) is 0 Å². The third kappa shape index (κ3) is 4.30. The zero-order chi connectivity index (χ0) is 17.6. The molecule has 1 saturated heterocycles. The van der Waals surface area contributed by atoms with Crippen molar-refractivity contribution in [1.82, 2.24) is 14.9 Å². The number of aromatic nitrogens is 2. The van der Waals surface area contributed by atoms with E-state index in [4.69, 9.17) is 0 Å². The molecule has 25 heavy (non-hydrogen) atoms. The highest BCUT2D eigenvalue weighted by Crippen LogP contribution is 2.16. The summed E-state index contributed by atoms with van der Waals surface area (Å²) < 4.78 is 13.0. The molecule has 1 N–H and O–H groups in total. The monoisotopic (exact) mass is 343 g/mol. The van der Waals surface area contributed by atoms with Crippen molar-refractivity contribution in [2.75, 3.05) is 36.4 Å². The van der Waals surface area contributed by atoms with E-state index in [-0.39, 0.29) is 17.8 Å². The zero-order valence-corrected chi connectivity index (χ0v) is 14.2. The molecule has 3 rings (SSSR count). The molecular weight excluding hydrogens is 321 g/mol. The van der Waals surface area contributed by atoms with Crippen LogP contribution in [-0.2, 0) is 4.79 Å². The normalized spacial score (nSPS) is 16.5. The number of rotatable bonds is 5. The third-order valence-corrected chi connectivity index (χ3v) is 4.43. The van der Waals surface area contributed by atoms with Crippen LogP contribution in [0, 0.1) is 5.82 Å². The molecule has 0 bridgehead atoms. The molecule has 2 aromatic rings. The number of amides is 1. The van der Waals surface area contributed by atoms with Crippen LogP contribution in [0.2, 0.25) is 0 Å². The molecule has 132 valence electrons. The molecule has 0 aliphatic carbocycles. The Morgan fingerprint density at radius 2 is 1.92 bits per heavy atom. The number of anilines is 2. The summed E-state index contributed by atoms with van der Waals surface area (Å²) in [6.45, 7) is 5.18. The maximum atomic E-state index is 13.0. The van der Waals surface area contributed by atoms with Gasteiger partial charge in [0.2, 0.25) is 5.91 Å². The number of halogens is 1. The van der Waals surface area contributed by atoms with Crippen molar-refractivity contribution >= 4 is 17.4 Å². The predicted molar refractivity (Wildman–Crippen MR) is 94.9 cm³/mol. The van der Waals surface area contributed by atoms with Crippen molar-refractivity contribution in [1.29, 1.82) is 0 Å². The van der Waals surface area contributed by atoms with Crippen LogP contribution < -0.4 is 10.2 Å². The zero-order valence-electron chi connectivity index (χ0n) is 14.2. The highest BCUT2D eigenvalue weighted by atomic mass is 19.1. The largest absolute Gasteiger partial charge is 0.353 e. The Morgan fingerprint density at radius 1 is 1.20 bits per heavy atom. The molecule has 6 nitrogen and oxygen atoms in total. The first-order valence-electron chi connectivity index (χ1n) is 8.49. The fourth-order valence-electron chi connectivity index (χ4n) is 3.09. The van der Waals surface area contributed by atoms with Gasteiger partial charge >= 0.3 is 0 Å². The first-order chi connectivity index (χ1) is 12.2. The van der Waals surface area contributed by atoms with Gasteiger partial charge in [0.1, 0.15) is 11.6 Å². The van der Waals surface area contributed by atoms with Crippen LogP contribution in [0.3, 0.4) is 0 Å². The minimum atomic E-state index is -0.315. The van der Waals surface area contributed by atoms with Crippen molar-refractivity contribution in [3.8, 4) is 0 Å². The van der Waals surface area contributed by atoms with Crippen molar-refractivity contribution < 1.29 is 9.18 Å². The molecule has 1 unspecified atom stereocenters. The summed E-state index contributed by atoms with van der Waals surface area (Å²) in [4.78, 5) is 25.4. The average Bonchev–Trinajstić information content (AvgIpc) is 2.65. The molecule has 1 aromatic heterocycles. The fourth-order valence-corrected chi connectivity index (χ4v) is 3.09. The lowest BCUT2D eigenvalue weighted by Gasteiger charge is -2.38. The molecule has 1 aliphatic heterocycles. The van der Waals surface area contributed by atoms with Crippen LogP contribution in [0.5, 0.6) is 0 Å². The summed E-state index contributed by atoms with van der Waals surface area (Å²) in [7, 11) is 0. The number of hydrogen-bond donors (Lipinski definition) is 1. The number of piperazine rings is 1. The summed E-state index contributed by atoms with van der Waals surface area (Å²) in [6, 6.07) is 5.64. The summed E-state index contributed by atoms with van der Waals surface area (Å²) in [5.41, 5.74) is 0.614. The highest BCUT2D eigenvalue weighted by molar-refractivity contribution is 5.94. The smallest absolute Gasteiger partial charge is 0.241 e. The van der Waals surface area contributed by atoms with Gasteiger partial charge in [0.15, 0.2) is 0 Å². The van der Waals surface area contributed by atoms with E-state index in [2.05, 4.69) is 25.1 Å². The highest BCUT2D eigenvalue weighted by Gasteiger charge is 2.28. The Labute approximate surface area is 146 Å². The Kier molecular flexibility index (Phi) is 5.55. The Bertz CT molecular complexity index is 686. The predicted octanol–water partition coefficient (Wildman–Crippen LogP) is 2.16. The van der Waals surface area contributed by atoms with Gasteiger partial charge in [-0.25, -0.2) is 9.37 Å². The van der Waals surface area contributed by atoms with Gasteiger partial charge in [-0.15, -0.1) is 0 Å². The molecule has 1 aromatic carbocycles. The maximum Gasteiger partial charge on any atom is 0.241 e. The van der Waals surface area contributed by atoms with Gasteiger partial charge in [-0.05, 0) is 30.7 Å². The first kappa shape index (κ1) is 17.3. The van der Waals surface area contributed by atoms with Gasteiger partial charge in [-0.3, -0.25) is 14.7 Å². The molecule has 1 aliphatic rings. The summed E-state index contributed by atoms with van der Waals surface area (Å²) in [5, 5.41) is 2.88. The van der Waals surface area contributed by atoms with E-state index in [0.717, 1.165) is 38.4 Å². The standard InChI is InChI=1S/C18H22FN5O/c1-2-16(18(25)22-15-5-3-14(19)4-6-15)23-9-11-24(12-10-23)17-13-20-7-8-21-17/h3-8,13,16H,2,9-12H2,1H3,(H,22,25). The maximum absolute atomic E-state index is 13.0. The minimum absolute atomic E-state index is 0.0536. The van der Waals surface area contributed by atoms with Gasteiger partial charge in [-0.1, -0.05) is 6.92 Å². The molecule has 1 amide bonds. The molecule has 0 radical (unpaired) electrons. The molecule has 2 heterocycles. The number of carbonyl (C=O) groups excluding carboxylic acids is 1. The lowest BCUT2D eigenvalue weighted by molar-refractivity contribution is -0.121. The van der Waals surface area contributed by atoms with Crippen molar-refractivity contribution in [2.24, 2.45) is 0 Å². The summed E-state index contributed by atoms with van der Waals surface area (Å²) in [6.07, 6.45) is 5.83. The Morgan fingerprint density at radius 3 is 2.52 bits per heavy atom. The third-order valence-electron chi connectivity index (χ3n) is 4.43. The van der Waals surface area contributed by atoms with Crippen LogP contribution in [0.1, 0.15) is 13.3 Å². The number of nitrogens with one attached hydrogen (secondary N) is 1. The van der Waals surface area contributed by atoms with E-state index in [1.807, 2.05) is 6.92 Å². The first-order valence-corrected chi connectivity index (χ1v) is 8.49. The van der Waals surface area contributed by atoms with Gasteiger partial charge in [0.05, 0.1) is 12.2 Å². The van der Waals surface area contributed by atoms with Crippen LogP contribution in [0.4, 0.5) is 15.9 Å².